The quantitative estimate of drug-likeness (QED) is 0.373. The Kier molecular flexibility index (Phi) is 3.48. The lowest BCUT2D eigenvalue weighted by Gasteiger charge is -2.32. The maximum Gasteiger partial charge on any atom is 0.348 e. The van der Waals surface area contributed by atoms with Gasteiger partial charge in [-0.25, -0.2) is 4.79 Å². The first kappa shape index (κ1) is 11.7. The van der Waals surface area contributed by atoms with Crippen LogP contribution in [0.25, 0.3) is 0 Å². The molecule has 0 spiro atoms. The molecule has 0 aromatic carbocycles. The first-order valence-electron chi connectivity index (χ1n) is 4.84. The van der Waals surface area contributed by atoms with E-state index in [0.717, 1.165) is 5.57 Å². The lowest BCUT2D eigenvalue weighted by atomic mass is 9.90. The van der Waals surface area contributed by atoms with Crippen LogP contribution >= 0.6 is 0 Å². The monoisotopic (exact) mass is 209 g/mol. The fraction of sp³-hybridized carbons (Fsp3) is 0.636. The summed E-state index contributed by atoms with van der Waals surface area (Å²) in [5, 5.41) is 8.90. The minimum atomic E-state index is -0.551. The van der Waals surface area contributed by atoms with Gasteiger partial charge in [0.15, 0.2) is 0 Å². The van der Waals surface area contributed by atoms with E-state index in [4.69, 9.17) is 10.00 Å². The molecule has 1 heterocycles. The largest absolute Gasteiger partial charge is 0.465 e. The van der Waals surface area contributed by atoms with Crippen molar-refractivity contribution in [1.82, 2.24) is 0 Å². The van der Waals surface area contributed by atoms with E-state index in [9.17, 15) is 4.79 Å². The number of esters is 1. The maximum atomic E-state index is 11.3. The molecule has 0 aromatic heterocycles. The highest BCUT2D eigenvalue weighted by Gasteiger charge is 2.28. The molecule has 0 radical (unpaired) electrons. The number of nitrogens with zero attached hydrogens (tertiary/aromatic N) is 1. The number of methoxy groups -OCH3 is 1. The molecule has 0 atom stereocenters. The van der Waals surface area contributed by atoms with Crippen molar-refractivity contribution < 1.29 is 14.3 Å². The molecule has 1 aliphatic rings. The van der Waals surface area contributed by atoms with Crippen LogP contribution in [-0.4, -0.2) is 25.3 Å². The second-order valence-corrected chi connectivity index (χ2v) is 4.12. The van der Waals surface area contributed by atoms with E-state index in [2.05, 4.69) is 4.74 Å². The van der Waals surface area contributed by atoms with Gasteiger partial charge in [-0.2, -0.15) is 5.26 Å². The Hall–Kier alpha value is -1.34. The van der Waals surface area contributed by atoms with Crippen molar-refractivity contribution in [2.24, 2.45) is 0 Å². The normalized spacial score (nSPS) is 22.8. The first-order chi connectivity index (χ1) is 7.00. The van der Waals surface area contributed by atoms with Crippen molar-refractivity contribution in [2.45, 2.75) is 32.3 Å². The van der Waals surface area contributed by atoms with Gasteiger partial charge in [-0.15, -0.1) is 0 Å². The summed E-state index contributed by atoms with van der Waals surface area (Å²) in [5.41, 5.74) is 0.665. The number of carbonyl (C=O) groups is 1. The zero-order valence-electron chi connectivity index (χ0n) is 9.29. The summed E-state index contributed by atoms with van der Waals surface area (Å²) < 4.78 is 10.1. The summed E-state index contributed by atoms with van der Waals surface area (Å²) in [6.07, 6.45) is 1.23. The summed E-state index contributed by atoms with van der Waals surface area (Å²) in [6, 6.07) is 1.91. The number of hydrogen-bond donors (Lipinski definition) is 0. The molecule has 0 bridgehead atoms. The third-order valence-electron chi connectivity index (χ3n) is 2.39. The summed E-state index contributed by atoms with van der Waals surface area (Å²) in [7, 11) is 1.28. The molecule has 1 saturated heterocycles. The Morgan fingerprint density at radius 3 is 2.73 bits per heavy atom. The van der Waals surface area contributed by atoms with Crippen molar-refractivity contribution in [3.8, 4) is 6.07 Å². The van der Waals surface area contributed by atoms with Crippen LogP contribution in [0.3, 0.4) is 0 Å². The van der Waals surface area contributed by atoms with E-state index in [1.54, 1.807) is 0 Å². The van der Waals surface area contributed by atoms with Crippen LogP contribution in [0.2, 0.25) is 0 Å². The summed E-state index contributed by atoms with van der Waals surface area (Å²) in [6.45, 7) is 4.43. The molecule has 1 fully saturated rings. The standard InChI is InChI=1S/C11H15NO3/c1-11(2)6-8(4-5-15-11)9(7-12)10(13)14-3/h4-6H2,1-3H3. The highest BCUT2D eigenvalue weighted by Crippen LogP contribution is 2.30. The van der Waals surface area contributed by atoms with Crippen LogP contribution < -0.4 is 0 Å². The lowest BCUT2D eigenvalue weighted by molar-refractivity contribution is -0.135. The fourth-order valence-corrected chi connectivity index (χ4v) is 1.69. The van der Waals surface area contributed by atoms with Crippen molar-refractivity contribution in [3.63, 3.8) is 0 Å². The van der Waals surface area contributed by atoms with Crippen LogP contribution in [0.5, 0.6) is 0 Å². The van der Waals surface area contributed by atoms with Gasteiger partial charge < -0.3 is 9.47 Å². The summed E-state index contributed by atoms with van der Waals surface area (Å²) in [4.78, 5) is 11.3. The molecule has 0 amide bonds. The van der Waals surface area contributed by atoms with Crippen LogP contribution in [0.1, 0.15) is 26.7 Å². The van der Waals surface area contributed by atoms with Gasteiger partial charge in [0.25, 0.3) is 0 Å². The van der Waals surface area contributed by atoms with Gasteiger partial charge in [-0.3, -0.25) is 0 Å². The van der Waals surface area contributed by atoms with Gasteiger partial charge in [0.05, 0.1) is 19.3 Å². The molecule has 4 nitrogen and oxygen atoms in total. The van der Waals surface area contributed by atoms with E-state index >= 15 is 0 Å². The molecule has 0 unspecified atom stereocenters. The van der Waals surface area contributed by atoms with Gasteiger partial charge in [-0.05, 0) is 32.3 Å². The van der Waals surface area contributed by atoms with Crippen LogP contribution in [-0.2, 0) is 14.3 Å². The Bertz CT molecular complexity index is 336. The predicted octanol–water partition coefficient (Wildman–Crippen LogP) is 1.57. The zero-order chi connectivity index (χ0) is 11.5. The highest BCUT2D eigenvalue weighted by atomic mass is 16.5. The van der Waals surface area contributed by atoms with Gasteiger partial charge in [-0.1, -0.05) is 0 Å². The van der Waals surface area contributed by atoms with Crippen molar-refractivity contribution in [2.75, 3.05) is 13.7 Å². The van der Waals surface area contributed by atoms with Crippen LogP contribution in [0.4, 0.5) is 0 Å². The van der Waals surface area contributed by atoms with Gasteiger partial charge >= 0.3 is 5.97 Å². The number of nitriles is 1. The van der Waals surface area contributed by atoms with Crippen LogP contribution in [0.15, 0.2) is 11.1 Å². The Labute approximate surface area is 89.5 Å². The molecule has 1 rings (SSSR count). The molecule has 15 heavy (non-hydrogen) atoms. The summed E-state index contributed by atoms with van der Waals surface area (Å²) in [5.74, 6) is -0.551. The Morgan fingerprint density at radius 2 is 2.27 bits per heavy atom. The van der Waals surface area contributed by atoms with Crippen molar-refractivity contribution >= 4 is 5.97 Å². The molecule has 0 N–H and O–H groups in total. The Balaban J connectivity index is 2.97. The van der Waals surface area contributed by atoms with Gasteiger partial charge in [0.2, 0.25) is 0 Å². The van der Waals surface area contributed by atoms with Crippen LogP contribution in [0, 0.1) is 11.3 Å². The topological polar surface area (TPSA) is 59.3 Å². The number of carbonyl (C=O) groups excluding carboxylic acids is 1. The molecule has 1 aliphatic heterocycles. The minimum absolute atomic E-state index is 0.133. The average molecular weight is 209 g/mol. The Morgan fingerprint density at radius 1 is 1.60 bits per heavy atom. The van der Waals surface area contributed by atoms with Gasteiger partial charge in [0, 0.05) is 0 Å². The minimum Gasteiger partial charge on any atom is -0.465 e. The van der Waals surface area contributed by atoms with Crippen molar-refractivity contribution in [1.29, 1.82) is 5.26 Å². The molecular weight excluding hydrogens is 194 g/mol. The van der Waals surface area contributed by atoms with Crippen molar-refractivity contribution in [3.05, 3.63) is 11.1 Å². The second-order valence-electron chi connectivity index (χ2n) is 4.12. The molecule has 0 aliphatic carbocycles. The van der Waals surface area contributed by atoms with Gasteiger partial charge in [0.1, 0.15) is 11.6 Å². The molecule has 4 heteroatoms. The zero-order valence-corrected chi connectivity index (χ0v) is 9.29. The third kappa shape index (κ3) is 2.80. The lowest BCUT2D eigenvalue weighted by Crippen LogP contribution is -2.31. The number of hydrogen-bond acceptors (Lipinski definition) is 4. The average Bonchev–Trinajstić information content (AvgIpc) is 2.17. The molecule has 0 saturated carbocycles. The highest BCUT2D eigenvalue weighted by molar-refractivity contribution is 5.93. The fourth-order valence-electron chi connectivity index (χ4n) is 1.69. The predicted molar refractivity (Wildman–Crippen MR) is 53.9 cm³/mol. The second kappa shape index (κ2) is 4.45. The van der Waals surface area contributed by atoms with E-state index in [1.807, 2.05) is 19.9 Å². The molecule has 0 aromatic rings. The maximum absolute atomic E-state index is 11.3. The number of rotatable bonds is 1. The van der Waals surface area contributed by atoms with E-state index in [1.165, 1.54) is 7.11 Å². The molecule has 82 valence electrons. The van der Waals surface area contributed by atoms with E-state index < -0.39 is 5.97 Å². The summed E-state index contributed by atoms with van der Waals surface area (Å²) >= 11 is 0. The third-order valence-corrected chi connectivity index (χ3v) is 2.39. The number of ether oxygens (including phenoxy) is 2. The smallest absolute Gasteiger partial charge is 0.348 e. The first-order valence-corrected chi connectivity index (χ1v) is 4.84. The van der Waals surface area contributed by atoms with E-state index in [-0.39, 0.29) is 11.2 Å². The molecular formula is C11H15NO3. The van der Waals surface area contributed by atoms with E-state index in [0.29, 0.717) is 19.4 Å². The SMILES string of the molecule is COC(=O)C(C#N)=C1CCOC(C)(C)C1.